The monoisotopic (exact) mass is 259 g/mol. The maximum Gasteiger partial charge on any atom is 0.0677 e. The zero-order valence-electron chi connectivity index (χ0n) is 13.3. The van der Waals surface area contributed by atoms with Gasteiger partial charge in [-0.3, -0.25) is 0 Å². The summed E-state index contributed by atoms with van der Waals surface area (Å²) < 4.78 is 6.12. The molecule has 0 aliphatic rings. The van der Waals surface area contributed by atoms with Gasteiger partial charge in [-0.2, -0.15) is 0 Å². The highest BCUT2D eigenvalue weighted by molar-refractivity contribution is 4.88. The van der Waals surface area contributed by atoms with Crippen LogP contribution in [0.4, 0.5) is 0 Å². The highest BCUT2D eigenvalue weighted by atomic mass is 16.5. The molecule has 18 heavy (non-hydrogen) atoms. The van der Waals surface area contributed by atoms with Crippen molar-refractivity contribution in [3.8, 4) is 0 Å². The molecule has 0 rings (SSSR count). The molecule has 0 heterocycles. The van der Waals surface area contributed by atoms with E-state index in [1.807, 2.05) is 13.8 Å². The highest BCUT2D eigenvalue weighted by Crippen LogP contribution is 2.38. The van der Waals surface area contributed by atoms with Gasteiger partial charge < -0.3 is 15.6 Å². The molecule has 1 atom stereocenters. The molecule has 0 aromatic carbocycles. The van der Waals surface area contributed by atoms with Gasteiger partial charge in [0.2, 0.25) is 0 Å². The van der Waals surface area contributed by atoms with E-state index in [0.29, 0.717) is 12.5 Å². The lowest BCUT2D eigenvalue weighted by atomic mass is 9.73. The van der Waals surface area contributed by atoms with Crippen LogP contribution in [0.2, 0.25) is 0 Å². The van der Waals surface area contributed by atoms with E-state index in [1.54, 1.807) is 0 Å². The third kappa shape index (κ3) is 5.25. The van der Waals surface area contributed by atoms with E-state index < -0.39 is 0 Å². The van der Waals surface area contributed by atoms with Crippen molar-refractivity contribution < 1.29 is 9.84 Å². The Morgan fingerprint density at radius 1 is 1.11 bits per heavy atom. The molecule has 0 aromatic rings. The fourth-order valence-corrected chi connectivity index (χ4v) is 1.57. The first-order valence-electron chi connectivity index (χ1n) is 6.98. The Morgan fingerprint density at radius 3 is 2.00 bits per heavy atom. The molecule has 0 aliphatic heterocycles. The Hall–Kier alpha value is -0.120. The van der Waals surface area contributed by atoms with Gasteiger partial charge in [0, 0.05) is 12.1 Å². The summed E-state index contributed by atoms with van der Waals surface area (Å²) in [5.74, 6) is 0.311. The Morgan fingerprint density at radius 2 is 1.61 bits per heavy atom. The van der Waals surface area contributed by atoms with Crippen LogP contribution in [0.1, 0.15) is 61.3 Å². The molecule has 0 fully saturated rings. The minimum Gasteiger partial charge on any atom is -0.396 e. The van der Waals surface area contributed by atoms with Crippen molar-refractivity contribution in [2.75, 3.05) is 13.2 Å². The van der Waals surface area contributed by atoms with Crippen LogP contribution in [-0.4, -0.2) is 29.5 Å². The lowest BCUT2D eigenvalue weighted by molar-refractivity contribution is -0.116. The number of rotatable bonds is 8. The SMILES string of the molecule is CC(COC(C)(C)C(C)(C)CCCO)C(C)(C)N. The summed E-state index contributed by atoms with van der Waals surface area (Å²) in [6.45, 7) is 15.7. The minimum absolute atomic E-state index is 0.0359. The number of ether oxygens (including phenoxy) is 1. The van der Waals surface area contributed by atoms with Gasteiger partial charge in [0.1, 0.15) is 0 Å². The third-order valence-corrected chi connectivity index (χ3v) is 4.55. The maximum atomic E-state index is 8.96. The van der Waals surface area contributed by atoms with Crippen LogP contribution in [0.25, 0.3) is 0 Å². The van der Waals surface area contributed by atoms with Gasteiger partial charge in [-0.15, -0.1) is 0 Å². The van der Waals surface area contributed by atoms with Gasteiger partial charge in [-0.25, -0.2) is 0 Å². The first-order valence-corrected chi connectivity index (χ1v) is 6.98. The Kier molecular flexibility index (Phi) is 6.31. The molecule has 0 saturated carbocycles. The molecule has 3 nitrogen and oxygen atoms in total. The second kappa shape index (κ2) is 6.36. The molecule has 0 bridgehead atoms. The van der Waals surface area contributed by atoms with E-state index in [2.05, 4.69) is 34.6 Å². The fourth-order valence-electron chi connectivity index (χ4n) is 1.57. The highest BCUT2D eigenvalue weighted by Gasteiger charge is 2.38. The third-order valence-electron chi connectivity index (χ3n) is 4.55. The first-order chi connectivity index (χ1) is 7.94. The molecule has 110 valence electrons. The number of hydrogen-bond acceptors (Lipinski definition) is 3. The van der Waals surface area contributed by atoms with Crippen molar-refractivity contribution in [2.24, 2.45) is 17.1 Å². The van der Waals surface area contributed by atoms with Crippen molar-refractivity contribution in [3.05, 3.63) is 0 Å². The molecule has 0 amide bonds. The van der Waals surface area contributed by atoms with Crippen molar-refractivity contribution in [2.45, 2.75) is 72.4 Å². The standard InChI is InChI=1S/C15H33NO2/c1-12(14(4,5)16)11-18-15(6,7)13(2,3)9-8-10-17/h12,17H,8-11,16H2,1-7H3. The van der Waals surface area contributed by atoms with Gasteiger partial charge in [-0.1, -0.05) is 20.8 Å². The van der Waals surface area contributed by atoms with E-state index in [-0.39, 0.29) is 23.2 Å². The number of aliphatic hydroxyl groups excluding tert-OH is 1. The minimum atomic E-state index is -0.221. The topological polar surface area (TPSA) is 55.5 Å². The van der Waals surface area contributed by atoms with Crippen molar-refractivity contribution in [3.63, 3.8) is 0 Å². The summed E-state index contributed by atoms with van der Waals surface area (Å²) in [6, 6.07) is 0. The van der Waals surface area contributed by atoms with Crippen LogP contribution in [0.5, 0.6) is 0 Å². The number of aliphatic hydroxyl groups is 1. The largest absolute Gasteiger partial charge is 0.396 e. The second-order valence-corrected chi connectivity index (χ2v) is 7.25. The van der Waals surface area contributed by atoms with Gasteiger partial charge in [-0.05, 0) is 51.9 Å². The summed E-state index contributed by atoms with van der Waals surface area (Å²) in [4.78, 5) is 0. The lowest BCUT2D eigenvalue weighted by Crippen LogP contribution is -2.47. The fraction of sp³-hybridized carbons (Fsp3) is 1.00. The van der Waals surface area contributed by atoms with Gasteiger partial charge in [0.25, 0.3) is 0 Å². The summed E-state index contributed by atoms with van der Waals surface area (Å²) >= 11 is 0. The molecule has 3 heteroatoms. The van der Waals surface area contributed by atoms with Gasteiger partial charge in [0.05, 0.1) is 12.2 Å². The molecule has 0 spiro atoms. The molecule has 0 saturated heterocycles. The normalized spacial score (nSPS) is 15.8. The summed E-state index contributed by atoms with van der Waals surface area (Å²) in [5, 5.41) is 8.96. The van der Waals surface area contributed by atoms with Crippen LogP contribution in [-0.2, 0) is 4.74 Å². The number of hydrogen-bond donors (Lipinski definition) is 2. The quantitative estimate of drug-likeness (QED) is 0.704. The first kappa shape index (κ1) is 17.9. The lowest BCUT2D eigenvalue weighted by Gasteiger charge is -2.43. The molecule has 1 unspecified atom stereocenters. The predicted molar refractivity (Wildman–Crippen MR) is 77.6 cm³/mol. The Labute approximate surface area is 113 Å². The van der Waals surface area contributed by atoms with Crippen LogP contribution in [0, 0.1) is 11.3 Å². The molecule has 0 radical (unpaired) electrons. The molecule has 0 aromatic heterocycles. The van der Waals surface area contributed by atoms with Crippen LogP contribution < -0.4 is 5.73 Å². The maximum absolute atomic E-state index is 8.96. The molecule has 3 N–H and O–H groups in total. The summed E-state index contributed by atoms with van der Waals surface area (Å²) in [6.07, 6.45) is 1.77. The van der Waals surface area contributed by atoms with E-state index in [1.165, 1.54) is 0 Å². The van der Waals surface area contributed by atoms with Gasteiger partial charge in [0.15, 0.2) is 0 Å². The Balaban J connectivity index is 4.46. The summed E-state index contributed by atoms with van der Waals surface area (Å²) in [7, 11) is 0. The van der Waals surface area contributed by atoms with Gasteiger partial charge >= 0.3 is 0 Å². The predicted octanol–water partition coefficient (Wildman–Crippen LogP) is 2.95. The Bertz CT molecular complexity index is 241. The zero-order valence-corrected chi connectivity index (χ0v) is 13.3. The van der Waals surface area contributed by atoms with E-state index >= 15 is 0 Å². The molecule has 0 aliphatic carbocycles. The smallest absolute Gasteiger partial charge is 0.0677 e. The van der Waals surface area contributed by atoms with Crippen molar-refractivity contribution in [1.29, 1.82) is 0 Å². The average Bonchev–Trinajstić information content (AvgIpc) is 2.21. The van der Waals surface area contributed by atoms with Crippen LogP contribution in [0.15, 0.2) is 0 Å². The van der Waals surface area contributed by atoms with Crippen molar-refractivity contribution in [1.82, 2.24) is 0 Å². The zero-order chi connectivity index (χ0) is 14.6. The van der Waals surface area contributed by atoms with Crippen molar-refractivity contribution >= 4 is 0 Å². The van der Waals surface area contributed by atoms with E-state index in [4.69, 9.17) is 15.6 Å². The summed E-state index contributed by atoms with van der Waals surface area (Å²) in [5.41, 5.74) is 5.68. The van der Waals surface area contributed by atoms with E-state index in [0.717, 1.165) is 12.8 Å². The molecular formula is C15H33NO2. The van der Waals surface area contributed by atoms with E-state index in [9.17, 15) is 0 Å². The molecular weight excluding hydrogens is 226 g/mol. The average molecular weight is 259 g/mol. The van der Waals surface area contributed by atoms with Crippen LogP contribution in [0.3, 0.4) is 0 Å². The second-order valence-electron chi connectivity index (χ2n) is 7.25. The number of nitrogens with two attached hydrogens (primary N) is 1. The van der Waals surface area contributed by atoms with Crippen LogP contribution >= 0.6 is 0 Å².